The fourth-order valence-corrected chi connectivity index (χ4v) is 3.59. The van der Waals surface area contributed by atoms with Gasteiger partial charge in [0.2, 0.25) is 5.28 Å². The van der Waals surface area contributed by atoms with Gasteiger partial charge in [-0.05, 0) is 42.8 Å². The zero-order valence-corrected chi connectivity index (χ0v) is 19.6. The molecule has 0 saturated carbocycles. The molecule has 0 radical (unpaired) electrons. The first-order chi connectivity index (χ1) is 17.1. The molecule has 3 heterocycles. The van der Waals surface area contributed by atoms with Gasteiger partial charge >= 0.3 is 17.8 Å². The molecule has 188 valence electrons. The molecule has 0 unspecified atom stereocenters. The molecule has 0 bridgehead atoms. The van der Waals surface area contributed by atoms with Crippen LogP contribution in [-0.4, -0.2) is 62.5 Å². The number of carboxylic acid groups (broad SMARTS) is 1. The van der Waals surface area contributed by atoms with E-state index >= 15 is 0 Å². The molecule has 2 N–H and O–H groups in total. The van der Waals surface area contributed by atoms with Crippen molar-refractivity contribution in [1.82, 2.24) is 24.4 Å². The van der Waals surface area contributed by atoms with Crippen molar-refractivity contribution in [3.05, 3.63) is 45.6 Å². The van der Waals surface area contributed by atoms with E-state index in [0.717, 1.165) is 26.2 Å². The number of benzene rings is 1. The van der Waals surface area contributed by atoms with Crippen LogP contribution >= 0.6 is 11.6 Å². The predicted molar refractivity (Wildman–Crippen MR) is 125 cm³/mol. The monoisotopic (exact) mass is 521 g/mol. The smallest absolute Gasteiger partial charge is 0.475 e. The van der Waals surface area contributed by atoms with Crippen LogP contribution in [-0.2, 0) is 11.3 Å². The van der Waals surface area contributed by atoms with E-state index in [0.29, 0.717) is 28.2 Å². The Bertz CT molecular complexity index is 1420. The largest absolute Gasteiger partial charge is 0.490 e. The van der Waals surface area contributed by atoms with Crippen LogP contribution in [0, 0.1) is 23.2 Å². The van der Waals surface area contributed by atoms with E-state index in [4.69, 9.17) is 26.8 Å². The maximum atomic E-state index is 13.3. The Morgan fingerprint density at radius 2 is 1.83 bits per heavy atom. The highest BCUT2D eigenvalue weighted by atomic mass is 35.5. The Morgan fingerprint density at radius 1 is 1.22 bits per heavy atom. The molecule has 0 aliphatic carbocycles. The molecule has 36 heavy (non-hydrogen) atoms. The van der Waals surface area contributed by atoms with E-state index in [1.54, 1.807) is 35.8 Å². The second-order valence-electron chi connectivity index (χ2n) is 7.32. The molecule has 1 saturated heterocycles. The molecular formula is C22H19ClF3N7O3. The van der Waals surface area contributed by atoms with Crippen molar-refractivity contribution in [2.24, 2.45) is 0 Å². The van der Waals surface area contributed by atoms with Crippen molar-refractivity contribution >= 4 is 34.6 Å². The lowest BCUT2D eigenvalue weighted by molar-refractivity contribution is -0.192. The zero-order chi connectivity index (χ0) is 26.5. The fraction of sp³-hybridized carbons (Fsp3) is 0.318. The van der Waals surface area contributed by atoms with Crippen molar-refractivity contribution in [1.29, 1.82) is 5.26 Å². The van der Waals surface area contributed by atoms with Gasteiger partial charge in [0.15, 0.2) is 11.5 Å². The number of halogens is 4. The van der Waals surface area contributed by atoms with Gasteiger partial charge in [0, 0.05) is 26.2 Å². The molecular weight excluding hydrogens is 503 g/mol. The first-order valence-corrected chi connectivity index (χ1v) is 10.8. The fourth-order valence-electron chi connectivity index (χ4n) is 3.43. The molecule has 1 fully saturated rings. The molecule has 0 atom stereocenters. The van der Waals surface area contributed by atoms with Crippen LogP contribution < -0.4 is 15.9 Å². The van der Waals surface area contributed by atoms with E-state index in [1.807, 2.05) is 0 Å². The van der Waals surface area contributed by atoms with Crippen LogP contribution in [0.1, 0.15) is 12.5 Å². The summed E-state index contributed by atoms with van der Waals surface area (Å²) < 4.78 is 34.8. The maximum absolute atomic E-state index is 13.3. The summed E-state index contributed by atoms with van der Waals surface area (Å²) in [4.78, 5) is 33.2. The van der Waals surface area contributed by atoms with Gasteiger partial charge in [-0.2, -0.15) is 28.4 Å². The van der Waals surface area contributed by atoms with Gasteiger partial charge in [0.1, 0.15) is 5.52 Å². The number of aliphatic carboxylic acids is 1. The highest BCUT2D eigenvalue weighted by Crippen LogP contribution is 2.27. The molecule has 4 rings (SSSR count). The average Bonchev–Trinajstić information content (AvgIpc) is 3.13. The summed E-state index contributed by atoms with van der Waals surface area (Å²) in [6.07, 6.45) is -5.08. The second kappa shape index (κ2) is 11.1. The van der Waals surface area contributed by atoms with Crippen molar-refractivity contribution < 1.29 is 23.1 Å². The number of nitriles is 1. The summed E-state index contributed by atoms with van der Waals surface area (Å²) in [7, 11) is 0. The number of nitrogens with one attached hydrogen (secondary N) is 1. The van der Waals surface area contributed by atoms with Gasteiger partial charge in [-0.1, -0.05) is 5.92 Å². The van der Waals surface area contributed by atoms with Gasteiger partial charge in [-0.15, -0.1) is 5.92 Å². The number of nitrogens with zero attached hydrogens (tertiary/aromatic N) is 6. The molecule has 1 aromatic carbocycles. The summed E-state index contributed by atoms with van der Waals surface area (Å²) in [6, 6.07) is 8.84. The van der Waals surface area contributed by atoms with Crippen LogP contribution in [0.2, 0.25) is 5.28 Å². The third-order valence-corrected chi connectivity index (χ3v) is 5.22. The number of piperazine rings is 1. The quantitative estimate of drug-likeness (QED) is 0.396. The van der Waals surface area contributed by atoms with Crippen LogP contribution in [0.3, 0.4) is 0 Å². The number of alkyl halides is 3. The standard InChI is InChI=1S/C20H18ClN7O.C2HF3O2/c1-2-3-10-27-16-17(26-11-8-23-9-12-26)24-19(21)25-18(16)28(20(27)29)15-6-4-14(13-22)5-7-15;3-2(4,5)1(6)7/h4-7,23H,8-12H2,1H3;(H,6,7). The van der Waals surface area contributed by atoms with Gasteiger partial charge in [0.25, 0.3) is 0 Å². The Balaban J connectivity index is 0.000000454. The SMILES string of the molecule is CC#CCn1c(=O)n(-c2ccc(C#N)cc2)c2nc(Cl)nc(N3CCNCC3)c21.O=C(O)C(F)(F)F. The second-order valence-corrected chi connectivity index (χ2v) is 7.66. The Hall–Kier alpha value is -4.07. The van der Waals surface area contributed by atoms with E-state index in [1.165, 1.54) is 4.57 Å². The molecule has 2 aromatic heterocycles. The van der Waals surface area contributed by atoms with Gasteiger partial charge in [-0.25, -0.2) is 14.2 Å². The first kappa shape index (κ1) is 26.5. The highest BCUT2D eigenvalue weighted by molar-refractivity contribution is 6.28. The van der Waals surface area contributed by atoms with Crippen LogP contribution in [0.25, 0.3) is 16.9 Å². The zero-order valence-electron chi connectivity index (χ0n) is 18.8. The molecule has 0 spiro atoms. The highest BCUT2D eigenvalue weighted by Gasteiger charge is 2.38. The average molecular weight is 522 g/mol. The van der Waals surface area contributed by atoms with Crippen LogP contribution in [0.15, 0.2) is 29.1 Å². The molecule has 3 aromatic rings. The third-order valence-electron chi connectivity index (χ3n) is 5.05. The van der Waals surface area contributed by atoms with E-state index in [2.05, 4.69) is 38.1 Å². The van der Waals surface area contributed by atoms with Crippen molar-refractivity contribution in [3.8, 4) is 23.6 Å². The lowest BCUT2D eigenvalue weighted by Gasteiger charge is -2.28. The van der Waals surface area contributed by atoms with Crippen molar-refractivity contribution in [2.75, 3.05) is 31.1 Å². The lowest BCUT2D eigenvalue weighted by Crippen LogP contribution is -2.44. The molecule has 1 aliphatic heterocycles. The summed E-state index contributed by atoms with van der Waals surface area (Å²) in [5, 5.41) is 19.6. The first-order valence-electron chi connectivity index (χ1n) is 10.4. The number of rotatable bonds is 3. The normalized spacial score (nSPS) is 13.3. The van der Waals surface area contributed by atoms with Crippen LogP contribution in [0.5, 0.6) is 0 Å². The summed E-state index contributed by atoms with van der Waals surface area (Å²) in [5.41, 5.74) is 1.86. The Morgan fingerprint density at radius 3 is 2.36 bits per heavy atom. The maximum Gasteiger partial charge on any atom is 0.490 e. The van der Waals surface area contributed by atoms with E-state index in [-0.39, 0.29) is 17.5 Å². The minimum absolute atomic E-state index is 0.0761. The topological polar surface area (TPSA) is 129 Å². The number of hydrogen-bond acceptors (Lipinski definition) is 7. The predicted octanol–water partition coefficient (Wildman–Crippen LogP) is 2.17. The van der Waals surface area contributed by atoms with Crippen molar-refractivity contribution in [2.45, 2.75) is 19.6 Å². The molecule has 10 nitrogen and oxygen atoms in total. The summed E-state index contributed by atoms with van der Waals surface area (Å²) >= 11 is 6.26. The summed E-state index contributed by atoms with van der Waals surface area (Å²) in [6.45, 7) is 5.09. The Kier molecular flexibility index (Phi) is 8.19. The number of imidazole rings is 1. The van der Waals surface area contributed by atoms with Gasteiger partial charge in [-0.3, -0.25) is 4.57 Å². The van der Waals surface area contributed by atoms with Gasteiger partial charge < -0.3 is 15.3 Å². The molecule has 14 heteroatoms. The number of fused-ring (bicyclic) bond motifs is 1. The third kappa shape index (κ3) is 5.76. The molecule has 1 aliphatic rings. The number of anilines is 1. The molecule has 0 amide bonds. The number of hydrogen-bond donors (Lipinski definition) is 2. The number of carbonyl (C=O) groups is 1. The minimum Gasteiger partial charge on any atom is -0.475 e. The number of aromatic nitrogens is 4. The van der Waals surface area contributed by atoms with Crippen LogP contribution in [0.4, 0.5) is 19.0 Å². The minimum atomic E-state index is -5.08. The van der Waals surface area contributed by atoms with E-state index in [9.17, 15) is 18.0 Å². The van der Waals surface area contributed by atoms with E-state index < -0.39 is 12.1 Å². The van der Waals surface area contributed by atoms with Gasteiger partial charge in [0.05, 0.1) is 23.9 Å². The lowest BCUT2D eigenvalue weighted by atomic mass is 10.2. The Labute approximate surface area is 207 Å². The van der Waals surface area contributed by atoms with Crippen molar-refractivity contribution in [3.63, 3.8) is 0 Å². The number of carboxylic acids is 1. The summed E-state index contributed by atoms with van der Waals surface area (Å²) in [5.74, 6) is 3.67.